The molecule has 1 aliphatic heterocycles. The lowest BCUT2D eigenvalue weighted by atomic mass is 10.0. The van der Waals surface area contributed by atoms with Crippen molar-refractivity contribution < 1.29 is 18.3 Å². The number of carbonyl (C=O) groups excluding carboxylic acids is 1. The third kappa shape index (κ3) is 4.83. The van der Waals surface area contributed by atoms with Crippen molar-refractivity contribution in [2.24, 2.45) is 0 Å². The van der Waals surface area contributed by atoms with Gasteiger partial charge in [0.05, 0.1) is 6.20 Å². The van der Waals surface area contributed by atoms with Crippen molar-refractivity contribution in [3.8, 4) is 5.75 Å². The molecule has 5 nitrogen and oxygen atoms in total. The Labute approximate surface area is 169 Å². The van der Waals surface area contributed by atoms with Crippen molar-refractivity contribution in [3.05, 3.63) is 83.8 Å². The number of likely N-dealkylation sites (tertiary alicyclic amines) is 1. The monoisotopic (exact) mass is 394 g/mol. The molecule has 4 rings (SSSR count). The van der Waals surface area contributed by atoms with Crippen molar-refractivity contribution in [1.82, 2.24) is 9.88 Å². The largest absolute Gasteiger partial charge is 0.484 e. The third-order valence-corrected chi connectivity index (χ3v) is 5.08. The Hall–Kier alpha value is -3.15. The molecule has 0 radical (unpaired) electrons. The molecule has 0 unspecified atom stereocenters. The molecule has 0 saturated carbocycles. The van der Waals surface area contributed by atoms with Gasteiger partial charge in [0.1, 0.15) is 23.4 Å². The Balaban J connectivity index is 1.42. The van der Waals surface area contributed by atoms with Gasteiger partial charge < -0.3 is 14.1 Å². The fourth-order valence-corrected chi connectivity index (χ4v) is 3.59. The lowest BCUT2D eigenvalue weighted by molar-refractivity contribution is -0.137. The average Bonchev–Trinajstić information content (AvgIpc) is 3.23. The van der Waals surface area contributed by atoms with Gasteiger partial charge in [-0.25, -0.2) is 9.37 Å². The predicted molar refractivity (Wildman–Crippen MR) is 106 cm³/mol. The van der Waals surface area contributed by atoms with Gasteiger partial charge in [-0.3, -0.25) is 4.79 Å². The van der Waals surface area contributed by atoms with Gasteiger partial charge in [0.25, 0.3) is 5.91 Å². The number of para-hydroxylation sites is 1. The molecule has 29 heavy (non-hydrogen) atoms. The molecule has 1 fully saturated rings. The number of oxazole rings is 1. The van der Waals surface area contributed by atoms with Crippen LogP contribution in [0, 0.1) is 5.82 Å². The highest BCUT2D eigenvalue weighted by Gasteiger charge is 2.31. The van der Waals surface area contributed by atoms with Crippen LogP contribution in [0.2, 0.25) is 0 Å². The fraction of sp³-hybridized carbons (Fsp3) is 0.304. The molecule has 1 atom stereocenters. The first-order valence-corrected chi connectivity index (χ1v) is 9.85. The number of nitrogens with zero attached hydrogens (tertiary/aromatic N) is 2. The van der Waals surface area contributed by atoms with Crippen LogP contribution in [0.15, 0.2) is 65.2 Å². The van der Waals surface area contributed by atoms with E-state index in [1.54, 1.807) is 23.2 Å². The molecule has 1 aliphatic rings. The van der Waals surface area contributed by atoms with E-state index in [4.69, 9.17) is 9.15 Å². The third-order valence-electron chi connectivity index (χ3n) is 5.08. The van der Waals surface area contributed by atoms with Gasteiger partial charge in [-0.2, -0.15) is 0 Å². The van der Waals surface area contributed by atoms with E-state index >= 15 is 0 Å². The van der Waals surface area contributed by atoms with Crippen LogP contribution < -0.4 is 4.74 Å². The molecular weight excluding hydrogens is 371 g/mol. The second-order valence-corrected chi connectivity index (χ2v) is 7.17. The number of hydrogen-bond acceptors (Lipinski definition) is 4. The molecule has 1 amide bonds. The number of amides is 1. The maximum Gasteiger partial charge on any atom is 0.261 e. The zero-order chi connectivity index (χ0) is 20.1. The van der Waals surface area contributed by atoms with Crippen molar-refractivity contribution in [1.29, 1.82) is 0 Å². The normalized spacial score (nSPS) is 16.6. The number of halogens is 1. The van der Waals surface area contributed by atoms with Crippen molar-refractivity contribution in [3.63, 3.8) is 0 Å². The molecule has 3 aromatic rings. The number of aromatic nitrogens is 1. The van der Waals surface area contributed by atoms with Gasteiger partial charge in [-0.15, -0.1) is 0 Å². The maximum absolute atomic E-state index is 13.1. The van der Waals surface area contributed by atoms with Gasteiger partial charge in [0.15, 0.2) is 6.61 Å². The molecule has 0 spiro atoms. The van der Waals surface area contributed by atoms with Crippen molar-refractivity contribution in [2.75, 3.05) is 13.2 Å². The Bertz CT molecular complexity index is 940. The number of hydrogen-bond donors (Lipinski definition) is 0. The molecule has 150 valence electrons. The Morgan fingerprint density at radius 3 is 2.72 bits per heavy atom. The molecule has 1 aromatic heterocycles. The van der Waals surface area contributed by atoms with E-state index in [9.17, 15) is 9.18 Å². The Kier molecular flexibility index (Phi) is 5.89. The summed E-state index contributed by atoms with van der Waals surface area (Å²) in [6.45, 7) is 0.654. The van der Waals surface area contributed by atoms with E-state index in [2.05, 4.69) is 4.98 Å². The number of piperidine rings is 1. The summed E-state index contributed by atoms with van der Waals surface area (Å²) < 4.78 is 24.7. The minimum Gasteiger partial charge on any atom is -0.484 e. The molecule has 2 heterocycles. The quantitative estimate of drug-likeness (QED) is 0.616. The predicted octanol–water partition coefficient (Wildman–Crippen LogP) is 4.54. The number of ether oxygens (including phenoxy) is 1. The van der Waals surface area contributed by atoms with Crippen LogP contribution in [0.3, 0.4) is 0 Å². The van der Waals surface area contributed by atoms with E-state index in [-0.39, 0.29) is 24.4 Å². The minimum absolute atomic E-state index is 0.0103. The van der Waals surface area contributed by atoms with Crippen LogP contribution in [-0.4, -0.2) is 28.9 Å². The maximum atomic E-state index is 13.1. The standard InChI is InChI=1S/C23H23FN2O3/c24-18-11-9-17(10-12-18)14-20-15-25-23(29-20)21-8-4-5-13-26(21)22(27)16-28-19-6-2-1-3-7-19/h1-3,6-7,9-12,15,21H,4-5,8,13-14,16H2/t21-/m0/s1. The number of carbonyl (C=O) groups is 1. The summed E-state index contributed by atoms with van der Waals surface area (Å²) in [6.07, 6.45) is 5.01. The Morgan fingerprint density at radius 2 is 1.93 bits per heavy atom. The van der Waals surface area contributed by atoms with Gasteiger partial charge in [0.2, 0.25) is 5.89 Å². The average molecular weight is 394 g/mol. The molecule has 0 bridgehead atoms. The van der Waals surface area contributed by atoms with Crippen LogP contribution in [0.4, 0.5) is 4.39 Å². The smallest absolute Gasteiger partial charge is 0.261 e. The van der Waals surface area contributed by atoms with Gasteiger partial charge in [0, 0.05) is 13.0 Å². The second kappa shape index (κ2) is 8.90. The topological polar surface area (TPSA) is 55.6 Å². The first-order chi connectivity index (χ1) is 14.2. The zero-order valence-electron chi connectivity index (χ0n) is 16.1. The number of rotatable bonds is 6. The highest BCUT2D eigenvalue weighted by molar-refractivity contribution is 5.78. The second-order valence-electron chi connectivity index (χ2n) is 7.17. The van der Waals surface area contributed by atoms with Gasteiger partial charge in [-0.05, 0) is 49.1 Å². The highest BCUT2D eigenvalue weighted by Crippen LogP contribution is 2.31. The lowest BCUT2D eigenvalue weighted by Crippen LogP contribution is -2.41. The fourth-order valence-electron chi connectivity index (χ4n) is 3.59. The minimum atomic E-state index is -0.263. The van der Waals surface area contributed by atoms with Crippen molar-refractivity contribution in [2.45, 2.75) is 31.7 Å². The highest BCUT2D eigenvalue weighted by atomic mass is 19.1. The summed E-state index contributed by atoms with van der Waals surface area (Å²) in [5, 5.41) is 0. The van der Waals surface area contributed by atoms with Crippen LogP contribution in [-0.2, 0) is 11.2 Å². The zero-order valence-corrected chi connectivity index (χ0v) is 16.1. The Morgan fingerprint density at radius 1 is 1.14 bits per heavy atom. The SMILES string of the molecule is O=C(COc1ccccc1)N1CCCC[C@H]1c1ncc(Cc2ccc(F)cc2)o1. The molecule has 0 N–H and O–H groups in total. The van der Waals surface area contributed by atoms with Gasteiger partial charge in [-0.1, -0.05) is 30.3 Å². The summed E-state index contributed by atoms with van der Waals surface area (Å²) in [5.41, 5.74) is 0.946. The van der Waals surface area contributed by atoms with Gasteiger partial charge >= 0.3 is 0 Å². The number of benzene rings is 2. The lowest BCUT2D eigenvalue weighted by Gasteiger charge is -2.33. The molecule has 2 aromatic carbocycles. The summed E-state index contributed by atoms with van der Waals surface area (Å²) in [4.78, 5) is 19.0. The summed E-state index contributed by atoms with van der Waals surface area (Å²) >= 11 is 0. The van der Waals surface area contributed by atoms with Crippen LogP contribution in [0.1, 0.15) is 42.5 Å². The summed E-state index contributed by atoms with van der Waals surface area (Å²) in [7, 11) is 0. The van der Waals surface area contributed by atoms with E-state index in [0.29, 0.717) is 30.4 Å². The van der Waals surface area contributed by atoms with Crippen molar-refractivity contribution >= 4 is 5.91 Å². The van der Waals surface area contributed by atoms with E-state index in [1.165, 1.54) is 12.1 Å². The molecule has 0 aliphatic carbocycles. The van der Waals surface area contributed by atoms with Crippen LogP contribution >= 0.6 is 0 Å². The van der Waals surface area contributed by atoms with Crippen LogP contribution in [0.5, 0.6) is 5.75 Å². The van der Waals surface area contributed by atoms with E-state index in [1.807, 2.05) is 30.3 Å². The molecular formula is C23H23FN2O3. The first kappa shape index (κ1) is 19.2. The van der Waals surface area contributed by atoms with Crippen LogP contribution in [0.25, 0.3) is 0 Å². The van der Waals surface area contributed by atoms with E-state index < -0.39 is 0 Å². The summed E-state index contributed by atoms with van der Waals surface area (Å²) in [6, 6.07) is 15.5. The molecule has 6 heteroatoms. The first-order valence-electron chi connectivity index (χ1n) is 9.85. The van der Waals surface area contributed by atoms with E-state index in [0.717, 1.165) is 24.8 Å². The molecule has 1 saturated heterocycles. The summed E-state index contributed by atoms with van der Waals surface area (Å²) in [5.74, 6) is 1.59.